The van der Waals surface area contributed by atoms with E-state index in [1.165, 1.54) is 0 Å². The number of carbonyl (C=O) groups is 1. The molecule has 1 unspecified atom stereocenters. The molecule has 1 amide bonds. The molecule has 150 valence electrons. The minimum absolute atomic E-state index is 0.0658. The molecule has 1 atom stereocenters. The third-order valence-corrected chi connectivity index (χ3v) is 4.22. The Hall–Kier alpha value is -2.93. The van der Waals surface area contributed by atoms with Gasteiger partial charge in [0.25, 0.3) is 0 Å². The molecule has 28 heavy (non-hydrogen) atoms. The number of amides is 1. The minimum Gasteiger partial charge on any atom is -0.493 e. The van der Waals surface area contributed by atoms with Gasteiger partial charge in [-0.05, 0) is 37.1 Å². The van der Waals surface area contributed by atoms with Gasteiger partial charge >= 0.3 is 0 Å². The SMILES string of the molecule is Cc1ccccc1OCCCC(=O)NCC(O)COc1ccc2c(c1)OCO2. The fourth-order valence-corrected chi connectivity index (χ4v) is 2.67. The van der Waals surface area contributed by atoms with E-state index < -0.39 is 6.10 Å². The predicted octanol–water partition coefficient (Wildman–Crippen LogP) is 2.44. The number of para-hydroxylation sites is 1. The zero-order chi connectivity index (χ0) is 19.8. The van der Waals surface area contributed by atoms with Crippen molar-refractivity contribution in [1.82, 2.24) is 5.32 Å². The number of carbonyl (C=O) groups excluding carboxylic acids is 1. The van der Waals surface area contributed by atoms with Crippen molar-refractivity contribution in [2.45, 2.75) is 25.9 Å². The molecule has 0 bridgehead atoms. The maximum absolute atomic E-state index is 11.9. The van der Waals surface area contributed by atoms with Crippen molar-refractivity contribution in [3.05, 3.63) is 48.0 Å². The first-order chi connectivity index (χ1) is 13.6. The van der Waals surface area contributed by atoms with Gasteiger partial charge in [0.15, 0.2) is 11.5 Å². The molecule has 0 fully saturated rings. The Labute approximate surface area is 164 Å². The van der Waals surface area contributed by atoms with Crippen LogP contribution in [-0.4, -0.2) is 43.7 Å². The Kier molecular flexibility index (Phi) is 6.97. The van der Waals surface area contributed by atoms with Gasteiger partial charge in [-0.2, -0.15) is 0 Å². The third kappa shape index (κ3) is 5.79. The number of aliphatic hydroxyl groups is 1. The Bertz CT molecular complexity index is 794. The van der Waals surface area contributed by atoms with E-state index in [0.717, 1.165) is 11.3 Å². The highest BCUT2D eigenvalue weighted by Gasteiger charge is 2.14. The van der Waals surface area contributed by atoms with Crippen molar-refractivity contribution in [2.75, 3.05) is 26.6 Å². The van der Waals surface area contributed by atoms with Crippen LogP contribution in [-0.2, 0) is 4.79 Å². The number of ether oxygens (including phenoxy) is 4. The molecule has 0 saturated heterocycles. The summed E-state index contributed by atoms with van der Waals surface area (Å²) in [7, 11) is 0. The molecule has 0 spiro atoms. The molecular weight excluding hydrogens is 362 g/mol. The molecular formula is C21H25NO6. The number of rotatable bonds is 10. The highest BCUT2D eigenvalue weighted by atomic mass is 16.7. The lowest BCUT2D eigenvalue weighted by atomic mass is 10.2. The van der Waals surface area contributed by atoms with Crippen LogP contribution in [0.2, 0.25) is 0 Å². The molecule has 0 radical (unpaired) electrons. The number of aryl methyl sites for hydroxylation is 1. The van der Waals surface area contributed by atoms with Crippen molar-refractivity contribution >= 4 is 5.91 Å². The molecule has 1 aliphatic heterocycles. The molecule has 1 heterocycles. The number of aliphatic hydroxyl groups excluding tert-OH is 1. The zero-order valence-corrected chi connectivity index (χ0v) is 15.8. The summed E-state index contributed by atoms with van der Waals surface area (Å²) in [5.74, 6) is 2.57. The van der Waals surface area contributed by atoms with E-state index in [9.17, 15) is 9.90 Å². The number of nitrogens with one attached hydrogen (secondary N) is 1. The second kappa shape index (κ2) is 9.85. The molecule has 2 aromatic carbocycles. The van der Waals surface area contributed by atoms with E-state index >= 15 is 0 Å². The second-order valence-corrected chi connectivity index (χ2v) is 6.50. The van der Waals surface area contributed by atoms with Crippen LogP contribution in [0.5, 0.6) is 23.0 Å². The summed E-state index contributed by atoms with van der Waals surface area (Å²) in [6.07, 6.45) is 0.128. The largest absolute Gasteiger partial charge is 0.493 e. The van der Waals surface area contributed by atoms with E-state index in [1.54, 1.807) is 18.2 Å². The van der Waals surface area contributed by atoms with Crippen LogP contribution < -0.4 is 24.3 Å². The van der Waals surface area contributed by atoms with Gasteiger partial charge in [-0.3, -0.25) is 4.79 Å². The average molecular weight is 387 g/mol. The molecule has 0 aliphatic carbocycles. The van der Waals surface area contributed by atoms with Gasteiger partial charge in [0.2, 0.25) is 12.7 Å². The zero-order valence-electron chi connectivity index (χ0n) is 15.8. The van der Waals surface area contributed by atoms with Crippen LogP contribution in [0, 0.1) is 6.92 Å². The lowest BCUT2D eigenvalue weighted by molar-refractivity contribution is -0.121. The van der Waals surface area contributed by atoms with Gasteiger partial charge in [-0.15, -0.1) is 0 Å². The molecule has 1 aliphatic rings. The summed E-state index contributed by atoms with van der Waals surface area (Å²) in [6.45, 7) is 2.84. The second-order valence-electron chi connectivity index (χ2n) is 6.50. The van der Waals surface area contributed by atoms with Gasteiger partial charge in [-0.1, -0.05) is 18.2 Å². The van der Waals surface area contributed by atoms with Crippen LogP contribution >= 0.6 is 0 Å². The number of hydrogen-bond acceptors (Lipinski definition) is 6. The number of hydrogen-bond donors (Lipinski definition) is 2. The van der Waals surface area contributed by atoms with E-state index in [0.29, 0.717) is 36.7 Å². The maximum atomic E-state index is 11.9. The van der Waals surface area contributed by atoms with E-state index in [4.69, 9.17) is 18.9 Å². The molecule has 7 heteroatoms. The molecule has 7 nitrogen and oxygen atoms in total. The first-order valence-corrected chi connectivity index (χ1v) is 9.27. The van der Waals surface area contributed by atoms with Crippen LogP contribution in [0.3, 0.4) is 0 Å². The summed E-state index contributed by atoms with van der Waals surface area (Å²) in [5.41, 5.74) is 1.07. The minimum atomic E-state index is -0.808. The summed E-state index contributed by atoms with van der Waals surface area (Å²) in [4.78, 5) is 11.9. The van der Waals surface area contributed by atoms with Gasteiger partial charge in [-0.25, -0.2) is 0 Å². The smallest absolute Gasteiger partial charge is 0.231 e. The molecule has 3 rings (SSSR count). The van der Waals surface area contributed by atoms with E-state index in [1.807, 2.05) is 31.2 Å². The average Bonchev–Trinajstić information content (AvgIpc) is 3.17. The maximum Gasteiger partial charge on any atom is 0.231 e. The summed E-state index contributed by atoms with van der Waals surface area (Å²) in [5, 5.41) is 12.7. The normalized spacial score (nSPS) is 13.1. The van der Waals surface area contributed by atoms with Crippen molar-refractivity contribution < 1.29 is 28.8 Å². The summed E-state index contributed by atoms with van der Waals surface area (Å²) in [6, 6.07) is 13.0. The number of fused-ring (bicyclic) bond motifs is 1. The van der Waals surface area contributed by atoms with E-state index in [-0.39, 0.29) is 25.9 Å². The molecule has 0 saturated carbocycles. The van der Waals surface area contributed by atoms with Crippen molar-refractivity contribution in [2.24, 2.45) is 0 Å². The Morgan fingerprint density at radius 3 is 2.86 bits per heavy atom. The monoisotopic (exact) mass is 387 g/mol. The number of benzene rings is 2. The topological polar surface area (TPSA) is 86.3 Å². The standard InChI is InChI=1S/C21H25NO6/c1-15-5-2-3-6-18(15)25-10-4-7-21(24)22-12-16(23)13-26-17-8-9-19-20(11-17)28-14-27-19/h2-3,5-6,8-9,11,16,23H,4,7,10,12-14H2,1H3,(H,22,24). The third-order valence-electron chi connectivity index (χ3n) is 4.22. The van der Waals surface area contributed by atoms with Gasteiger partial charge in [0.1, 0.15) is 24.2 Å². The van der Waals surface area contributed by atoms with Gasteiger partial charge in [0.05, 0.1) is 6.61 Å². The summed E-state index contributed by atoms with van der Waals surface area (Å²) < 4.78 is 21.7. The van der Waals surface area contributed by atoms with Crippen molar-refractivity contribution in [1.29, 1.82) is 0 Å². The summed E-state index contributed by atoms with van der Waals surface area (Å²) >= 11 is 0. The lowest BCUT2D eigenvalue weighted by Gasteiger charge is -2.14. The Morgan fingerprint density at radius 2 is 2.00 bits per heavy atom. The van der Waals surface area contributed by atoms with E-state index in [2.05, 4.69) is 5.32 Å². The quantitative estimate of drug-likeness (QED) is 0.609. The highest BCUT2D eigenvalue weighted by molar-refractivity contribution is 5.75. The van der Waals surface area contributed by atoms with Gasteiger partial charge in [0, 0.05) is 19.0 Å². The van der Waals surface area contributed by atoms with Crippen LogP contribution in [0.15, 0.2) is 42.5 Å². The van der Waals surface area contributed by atoms with Crippen molar-refractivity contribution in [3.63, 3.8) is 0 Å². The first kappa shape index (κ1) is 19.8. The van der Waals surface area contributed by atoms with Crippen LogP contribution in [0.1, 0.15) is 18.4 Å². The molecule has 0 aromatic heterocycles. The predicted molar refractivity (Wildman–Crippen MR) is 103 cm³/mol. The first-order valence-electron chi connectivity index (χ1n) is 9.27. The van der Waals surface area contributed by atoms with Gasteiger partial charge < -0.3 is 29.4 Å². The lowest BCUT2D eigenvalue weighted by Crippen LogP contribution is -2.35. The molecule has 2 N–H and O–H groups in total. The van der Waals surface area contributed by atoms with Crippen molar-refractivity contribution in [3.8, 4) is 23.0 Å². The highest BCUT2D eigenvalue weighted by Crippen LogP contribution is 2.35. The molecule has 2 aromatic rings. The Morgan fingerprint density at radius 1 is 1.18 bits per heavy atom. The Balaban J connectivity index is 1.28. The van der Waals surface area contributed by atoms with Crippen LogP contribution in [0.4, 0.5) is 0 Å². The van der Waals surface area contributed by atoms with Crippen LogP contribution in [0.25, 0.3) is 0 Å². The fourth-order valence-electron chi connectivity index (χ4n) is 2.67. The fraction of sp³-hybridized carbons (Fsp3) is 0.381.